The van der Waals surface area contributed by atoms with Gasteiger partial charge in [0.25, 0.3) is 0 Å². The molecule has 1 fully saturated rings. The molecule has 0 radical (unpaired) electrons. The molecule has 1 heterocycles. The quantitative estimate of drug-likeness (QED) is 0.240. The molecule has 42 heavy (non-hydrogen) atoms. The van der Waals surface area contributed by atoms with E-state index in [1.807, 2.05) is 6.07 Å². The molecule has 0 spiro atoms. The summed E-state index contributed by atoms with van der Waals surface area (Å²) in [7, 11) is 1.18. The minimum absolute atomic E-state index is 0.00557. The molecule has 0 bridgehead atoms. The van der Waals surface area contributed by atoms with Crippen LogP contribution in [0.15, 0.2) is 30.3 Å². The predicted molar refractivity (Wildman–Crippen MR) is 147 cm³/mol. The largest absolute Gasteiger partial charge is 0.467 e. The van der Waals surface area contributed by atoms with Gasteiger partial charge in [-0.3, -0.25) is 19.2 Å². The van der Waals surface area contributed by atoms with Crippen LogP contribution in [0.3, 0.4) is 0 Å². The van der Waals surface area contributed by atoms with Gasteiger partial charge in [0.1, 0.15) is 36.8 Å². The Morgan fingerprint density at radius 1 is 0.905 bits per heavy atom. The Morgan fingerprint density at radius 3 is 2.12 bits per heavy atom. The number of methoxy groups -OCH3 is 1. The fourth-order valence-electron chi connectivity index (χ4n) is 4.03. The molecule has 1 aliphatic heterocycles. The monoisotopic (exact) mass is 612 g/mol. The van der Waals surface area contributed by atoms with E-state index < -0.39 is 71.7 Å². The lowest BCUT2D eigenvalue weighted by atomic mass is 9.97. The highest BCUT2D eigenvalue weighted by Gasteiger charge is 2.50. The summed E-state index contributed by atoms with van der Waals surface area (Å²) in [6.45, 7) is 4.38. The van der Waals surface area contributed by atoms with Gasteiger partial charge in [-0.2, -0.15) is 0 Å². The van der Waals surface area contributed by atoms with Crippen molar-refractivity contribution in [2.75, 3.05) is 19.5 Å². The summed E-state index contributed by atoms with van der Waals surface area (Å²) >= 11 is 1.12. The zero-order valence-electron chi connectivity index (χ0n) is 24.0. The minimum Gasteiger partial charge on any atom is -0.467 e. The van der Waals surface area contributed by atoms with E-state index in [-0.39, 0.29) is 25.4 Å². The van der Waals surface area contributed by atoms with E-state index in [4.69, 9.17) is 28.4 Å². The fraction of sp³-hybridized carbons (Fsp3) is 0.556. The third kappa shape index (κ3) is 11.6. The summed E-state index contributed by atoms with van der Waals surface area (Å²) in [4.78, 5) is 72.2. The minimum atomic E-state index is -1.22. The van der Waals surface area contributed by atoms with Gasteiger partial charge < -0.3 is 39.1 Å². The van der Waals surface area contributed by atoms with Crippen LogP contribution in [0.5, 0.6) is 0 Å². The molecule has 0 unspecified atom stereocenters. The molecule has 232 valence electrons. The van der Waals surface area contributed by atoms with Gasteiger partial charge in [0.05, 0.1) is 7.11 Å². The van der Waals surface area contributed by atoms with E-state index in [0.717, 1.165) is 31.2 Å². The Balaban J connectivity index is 2.19. The molecule has 1 aromatic carbocycles. The third-order valence-corrected chi connectivity index (χ3v) is 6.95. The lowest BCUT2D eigenvalue weighted by Crippen LogP contribution is -2.65. The van der Waals surface area contributed by atoms with Crippen molar-refractivity contribution in [3.05, 3.63) is 35.9 Å². The summed E-state index contributed by atoms with van der Waals surface area (Å²) in [5.41, 5.74) is -0.164. The van der Waals surface area contributed by atoms with Gasteiger partial charge in [0.2, 0.25) is 5.91 Å². The molecule has 1 aliphatic rings. The second kappa shape index (κ2) is 17.2. The van der Waals surface area contributed by atoms with Gasteiger partial charge in [0.15, 0.2) is 12.2 Å². The first-order valence-electron chi connectivity index (χ1n) is 13.0. The standard InChI is InChI=1S/C27H36N2O12S/c1-15(30)28-22-24(40-18(4)33)23(39-17(3)32)21(14-37-16(2)31)41-26(22)42-12-11-20(25(34)36-5)29-27(35)38-13-19-9-7-6-8-10-19/h6-10,20-24,26H,11-14H2,1-5H3,(H,28,30)(H,29,35)/t20-,21+,22+,23+,24+,26-/m0/s1. The second-order valence-corrected chi connectivity index (χ2v) is 10.4. The molecule has 2 N–H and O–H groups in total. The van der Waals surface area contributed by atoms with E-state index in [1.165, 1.54) is 21.0 Å². The molecular formula is C27H36N2O12S. The lowest BCUT2D eigenvalue weighted by molar-refractivity contribution is -0.211. The molecule has 0 aromatic heterocycles. The maximum Gasteiger partial charge on any atom is 0.408 e. The first-order valence-corrected chi connectivity index (χ1v) is 14.0. The van der Waals surface area contributed by atoms with Crippen LogP contribution in [0.4, 0.5) is 4.79 Å². The SMILES string of the molecule is COC(=O)[C@H](CCS[C@@H]1O[C@H](COC(C)=O)[C@@H](OC(C)=O)[C@H](OC(C)=O)[C@H]1NC(C)=O)NC(=O)OCc1ccccc1. The first-order chi connectivity index (χ1) is 19.9. The number of hydrogen-bond donors (Lipinski definition) is 2. The molecule has 0 aliphatic carbocycles. The van der Waals surface area contributed by atoms with Gasteiger partial charge in [-0.05, 0) is 17.7 Å². The Labute approximate surface area is 247 Å². The predicted octanol–water partition coefficient (Wildman–Crippen LogP) is 1.23. The number of esters is 4. The highest BCUT2D eigenvalue weighted by Crippen LogP contribution is 2.33. The number of alkyl carbamates (subject to hydrolysis) is 1. The molecule has 6 atom stereocenters. The van der Waals surface area contributed by atoms with E-state index in [9.17, 15) is 28.8 Å². The zero-order valence-corrected chi connectivity index (χ0v) is 24.8. The maximum atomic E-state index is 12.4. The molecule has 0 saturated carbocycles. The fourth-order valence-corrected chi connectivity index (χ4v) is 5.29. The van der Waals surface area contributed by atoms with Crippen LogP contribution in [0.25, 0.3) is 0 Å². The van der Waals surface area contributed by atoms with Gasteiger partial charge in [-0.25, -0.2) is 9.59 Å². The number of nitrogens with one attached hydrogen (secondary N) is 2. The summed E-state index contributed by atoms with van der Waals surface area (Å²) in [6, 6.07) is 6.89. The van der Waals surface area contributed by atoms with Crippen molar-refractivity contribution in [3.63, 3.8) is 0 Å². The normalized spacial score (nSPS) is 22.1. The number of hydrogen-bond acceptors (Lipinski definition) is 13. The molecule has 14 nitrogen and oxygen atoms in total. The van der Waals surface area contributed by atoms with Crippen LogP contribution >= 0.6 is 11.8 Å². The Bertz CT molecular complexity index is 1100. The average Bonchev–Trinajstić information content (AvgIpc) is 2.92. The van der Waals surface area contributed by atoms with Crippen molar-refractivity contribution in [1.82, 2.24) is 10.6 Å². The van der Waals surface area contributed by atoms with Crippen molar-refractivity contribution in [1.29, 1.82) is 0 Å². The van der Waals surface area contributed by atoms with Gasteiger partial charge in [-0.1, -0.05) is 30.3 Å². The van der Waals surface area contributed by atoms with E-state index in [1.54, 1.807) is 24.3 Å². The topological polar surface area (TPSA) is 182 Å². The summed E-state index contributed by atoms with van der Waals surface area (Å²) in [6.07, 6.45) is -4.25. The molecular weight excluding hydrogens is 576 g/mol. The Hall–Kier alpha value is -3.85. The third-order valence-electron chi connectivity index (χ3n) is 5.75. The van der Waals surface area contributed by atoms with Crippen molar-refractivity contribution in [3.8, 4) is 0 Å². The zero-order chi connectivity index (χ0) is 31.2. The van der Waals surface area contributed by atoms with Gasteiger partial charge in [-0.15, -0.1) is 11.8 Å². The number of rotatable bonds is 13. The average molecular weight is 613 g/mol. The highest BCUT2D eigenvalue weighted by atomic mass is 32.2. The number of ether oxygens (including phenoxy) is 6. The second-order valence-electron chi connectivity index (χ2n) is 9.16. The number of amides is 2. The Kier molecular flexibility index (Phi) is 14.1. The van der Waals surface area contributed by atoms with Crippen LogP contribution in [-0.2, 0) is 59.0 Å². The van der Waals surface area contributed by atoms with Crippen molar-refractivity contribution >= 4 is 47.6 Å². The van der Waals surface area contributed by atoms with Crippen molar-refractivity contribution in [2.24, 2.45) is 0 Å². The van der Waals surface area contributed by atoms with Crippen LogP contribution in [0, 0.1) is 0 Å². The van der Waals surface area contributed by atoms with Crippen LogP contribution < -0.4 is 10.6 Å². The summed E-state index contributed by atoms with van der Waals surface area (Å²) in [5, 5.41) is 5.15. The van der Waals surface area contributed by atoms with Crippen LogP contribution in [0.2, 0.25) is 0 Å². The molecule has 2 amide bonds. The van der Waals surface area contributed by atoms with Gasteiger partial charge >= 0.3 is 30.0 Å². The smallest absolute Gasteiger partial charge is 0.408 e. The highest BCUT2D eigenvalue weighted by molar-refractivity contribution is 7.99. The van der Waals surface area contributed by atoms with E-state index in [0.29, 0.717) is 0 Å². The van der Waals surface area contributed by atoms with Crippen LogP contribution in [-0.4, -0.2) is 91.2 Å². The maximum absolute atomic E-state index is 12.4. The molecule has 2 rings (SSSR count). The first kappa shape index (κ1) is 34.4. The number of carbonyl (C=O) groups is 6. The number of carbonyl (C=O) groups excluding carboxylic acids is 6. The Morgan fingerprint density at radius 2 is 1.55 bits per heavy atom. The van der Waals surface area contributed by atoms with E-state index in [2.05, 4.69) is 10.6 Å². The van der Waals surface area contributed by atoms with E-state index >= 15 is 0 Å². The number of thioether (sulfide) groups is 1. The molecule has 1 aromatic rings. The lowest BCUT2D eigenvalue weighted by Gasteiger charge is -2.45. The number of benzene rings is 1. The van der Waals surface area contributed by atoms with Crippen molar-refractivity contribution in [2.45, 2.75) is 76.6 Å². The van der Waals surface area contributed by atoms with Gasteiger partial charge in [0, 0.05) is 27.7 Å². The molecule has 1 saturated heterocycles. The van der Waals surface area contributed by atoms with Crippen LogP contribution in [0.1, 0.15) is 39.7 Å². The summed E-state index contributed by atoms with van der Waals surface area (Å²) in [5.74, 6) is -3.08. The summed E-state index contributed by atoms with van der Waals surface area (Å²) < 4.78 is 32.0. The molecule has 15 heteroatoms. The van der Waals surface area contributed by atoms with Crippen molar-refractivity contribution < 1.29 is 57.2 Å².